The van der Waals surface area contributed by atoms with Gasteiger partial charge in [-0.25, -0.2) is 0 Å². The number of fused-ring (bicyclic) bond motifs is 2. The molecule has 2 aliphatic heterocycles. The van der Waals surface area contributed by atoms with Crippen LogP contribution in [0.5, 0.6) is 0 Å². The van der Waals surface area contributed by atoms with Crippen LogP contribution in [0.3, 0.4) is 0 Å². The summed E-state index contributed by atoms with van der Waals surface area (Å²) in [5, 5.41) is 9.16. The average molecular weight is 483 g/mol. The zero-order valence-electron chi connectivity index (χ0n) is 20.8. The van der Waals surface area contributed by atoms with Crippen molar-refractivity contribution in [2.75, 3.05) is 13.7 Å². The van der Waals surface area contributed by atoms with Crippen molar-refractivity contribution in [1.82, 2.24) is 20.9 Å². The van der Waals surface area contributed by atoms with Gasteiger partial charge in [0.25, 0.3) is 0 Å². The summed E-state index contributed by atoms with van der Waals surface area (Å²) in [6.07, 6.45) is 7.60. The Balaban J connectivity index is 1.42. The Hall–Kier alpha value is -2.45. The van der Waals surface area contributed by atoms with Gasteiger partial charge in [-0.15, -0.1) is 0 Å². The summed E-state index contributed by atoms with van der Waals surface area (Å²) in [7, 11) is 1.71. The van der Waals surface area contributed by atoms with Crippen molar-refractivity contribution in [3.05, 3.63) is 35.4 Å². The van der Waals surface area contributed by atoms with E-state index in [1.807, 2.05) is 6.07 Å². The van der Waals surface area contributed by atoms with Crippen LogP contribution < -0.4 is 16.0 Å². The molecule has 0 radical (unpaired) electrons. The lowest BCUT2D eigenvalue weighted by Gasteiger charge is -2.37. The van der Waals surface area contributed by atoms with Crippen molar-refractivity contribution in [3.63, 3.8) is 0 Å². The molecule has 8 nitrogen and oxygen atoms in total. The van der Waals surface area contributed by atoms with Crippen molar-refractivity contribution < 1.29 is 19.1 Å². The average Bonchev–Trinajstić information content (AvgIpc) is 3.43. The number of likely N-dealkylation sites (N-methyl/N-ethyl adjacent to an activating group) is 1. The molecule has 3 fully saturated rings. The molecule has 5 atom stereocenters. The second kappa shape index (κ2) is 9.90. The quantitative estimate of drug-likeness (QED) is 0.598. The number of ether oxygens (including phenoxy) is 1. The zero-order valence-corrected chi connectivity index (χ0v) is 20.8. The van der Waals surface area contributed by atoms with Crippen LogP contribution in [0.15, 0.2) is 24.3 Å². The lowest BCUT2D eigenvalue weighted by atomic mass is 9.77. The summed E-state index contributed by atoms with van der Waals surface area (Å²) in [4.78, 5) is 42.1. The van der Waals surface area contributed by atoms with Crippen molar-refractivity contribution >= 4 is 17.7 Å². The highest BCUT2D eigenvalue weighted by molar-refractivity contribution is 5.94. The van der Waals surface area contributed by atoms with E-state index < -0.39 is 24.4 Å². The molecule has 1 saturated carbocycles. The number of benzene rings is 1. The molecule has 190 valence electrons. The van der Waals surface area contributed by atoms with Crippen LogP contribution >= 0.6 is 0 Å². The SMILES string of the molecule is CN[C@@H](C)C(=O)N[C@H]1CCO[C@H]2CC3(CCCC3)C(C(=O)N[C@@H]3CCCc4ccccc43)N2C1=O. The number of aryl methyl sites for hydroxylation is 1. The van der Waals surface area contributed by atoms with Gasteiger partial charge in [-0.2, -0.15) is 0 Å². The third kappa shape index (κ3) is 4.47. The first-order valence-corrected chi connectivity index (χ1v) is 13.2. The molecule has 1 aromatic carbocycles. The molecule has 4 aliphatic rings. The molecule has 2 heterocycles. The highest BCUT2D eigenvalue weighted by Crippen LogP contribution is 2.53. The van der Waals surface area contributed by atoms with Gasteiger partial charge in [0.1, 0.15) is 18.3 Å². The van der Waals surface area contributed by atoms with Crippen LogP contribution in [0.25, 0.3) is 0 Å². The van der Waals surface area contributed by atoms with Crippen LogP contribution in [-0.4, -0.2) is 60.6 Å². The molecule has 3 amide bonds. The number of carbonyl (C=O) groups is 3. The summed E-state index contributed by atoms with van der Waals surface area (Å²) in [6.45, 7) is 2.14. The zero-order chi connectivity index (χ0) is 24.6. The molecule has 8 heteroatoms. The Morgan fingerprint density at radius 1 is 1.09 bits per heavy atom. The van der Waals surface area contributed by atoms with Gasteiger partial charge in [-0.05, 0) is 57.2 Å². The first kappa shape index (κ1) is 24.3. The lowest BCUT2D eigenvalue weighted by molar-refractivity contribution is -0.150. The van der Waals surface area contributed by atoms with Crippen molar-refractivity contribution in [1.29, 1.82) is 0 Å². The summed E-state index contributed by atoms with van der Waals surface area (Å²) in [5.74, 6) is -0.500. The molecule has 5 rings (SSSR count). The smallest absolute Gasteiger partial charge is 0.247 e. The highest BCUT2D eigenvalue weighted by Gasteiger charge is 2.59. The Morgan fingerprint density at radius 2 is 1.86 bits per heavy atom. The van der Waals surface area contributed by atoms with E-state index in [2.05, 4.69) is 34.1 Å². The highest BCUT2D eigenvalue weighted by atomic mass is 16.5. The second-order valence-corrected chi connectivity index (χ2v) is 10.8. The number of nitrogens with zero attached hydrogens (tertiary/aromatic N) is 1. The third-order valence-electron chi connectivity index (χ3n) is 8.70. The normalized spacial score (nSPS) is 30.3. The van der Waals surface area contributed by atoms with E-state index in [4.69, 9.17) is 4.74 Å². The van der Waals surface area contributed by atoms with Crippen LogP contribution in [0.2, 0.25) is 0 Å². The van der Waals surface area contributed by atoms with E-state index in [0.29, 0.717) is 19.4 Å². The molecule has 1 spiro atoms. The molecular weight excluding hydrogens is 444 g/mol. The monoisotopic (exact) mass is 482 g/mol. The topological polar surface area (TPSA) is 99.8 Å². The minimum atomic E-state index is -0.689. The molecule has 1 unspecified atom stereocenters. The first-order valence-electron chi connectivity index (χ1n) is 13.2. The molecule has 1 aromatic rings. The summed E-state index contributed by atoms with van der Waals surface area (Å²) in [5.41, 5.74) is 2.22. The van der Waals surface area contributed by atoms with Gasteiger partial charge in [-0.3, -0.25) is 14.4 Å². The molecule has 35 heavy (non-hydrogen) atoms. The molecule has 0 bridgehead atoms. The minimum absolute atomic E-state index is 0.0417. The Labute approximate surface area is 207 Å². The standard InChI is InChI=1S/C27H38N4O4/c1-17(28-2)24(32)30-21-12-15-35-22-16-27(13-5-6-14-27)23(31(22)26(21)34)25(33)29-20-11-7-9-18-8-3-4-10-19(18)20/h3-4,8,10,17,20-23,28H,5-7,9,11-16H2,1-2H3,(H,29,33)(H,30,32)/t17-,20+,21-,22-,23?/m0/s1. The Kier molecular flexibility index (Phi) is 6.86. The number of nitrogens with one attached hydrogen (secondary N) is 3. The summed E-state index contributed by atoms with van der Waals surface area (Å²) < 4.78 is 6.17. The van der Waals surface area contributed by atoms with Gasteiger partial charge in [0.2, 0.25) is 17.7 Å². The number of rotatable bonds is 5. The van der Waals surface area contributed by atoms with Gasteiger partial charge in [0.05, 0.1) is 18.7 Å². The van der Waals surface area contributed by atoms with Gasteiger partial charge in [0.15, 0.2) is 0 Å². The maximum Gasteiger partial charge on any atom is 0.247 e. The molecule has 2 aliphatic carbocycles. The van der Waals surface area contributed by atoms with Crippen LogP contribution in [0.4, 0.5) is 0 Å². The molecule has 3 N–H and O–H groups in total. The number of carbonyl (C=O) groups excluding carboxylic acids is 3. The van der Waals surface area contributed by atoms with Gasteiger partial charge in [-0.1, -0.05) is 37.1 Å². The van der Waals surface area contributed by atoms with Gasteiger partial charge >= 0.3 is 0 Å². The van der Waals surface area contributed by atoms with Crippen LogP contribution in [-0.2, 0) is 25.5 Å². The lowest BCUT2D eigenvalue weighted by Crippen LogP contribution is -2.58. The van der Waals surface area contributed by atoms with Crippen LogP contribution in [0, 0.1) is 5.41 Å². The van der Waals surface area contributed by atoms with E-state index in [1.165, 1.54) is 11.1 Å². The fourth-order valence-electron chi connectivity index (χ4n) is 6.73. The Bertz CT molecular complexity index is 976. The first-order chi connectivity index (χ1) is 16.9. The number of amides is 3. The van der Waals surface area contributed by atoms with E-state index in [9.17, 15) is 14.4 Å². The van der Waals surface area contributed by atoms with Crippen molar-refractivity contribution in [3.8, 4) is 0 Å². The number of hydrogen-bond acceptors (Lipinski definition) is 5. The van der Waals surface area contributed by atoms with E-state index in [1.54, 1.807) is 18.9 Å². The third-order valence-corrected chi connectivity index (χ3v) is 8.70. The number of hydrogen-bond donors (Lipinski definition) is 3. The molecule has 0 aromatic heterocycles. The maximum absolute atomic E-state index is 14.0. The predicted octanol–water partition coefficient (Wildman–Crippen LogP) is 2.18. The largest absolute Gasteiger partial charge is 0.358 e. The van der Waals surface area contributed by atoms with Crippen molar-refractivity contribution in [2.45, 2.75) is 95.1 Å². The summed E-state index contributed by atoms with van der Waals surface area (Å²) in [6, 6.07) is 6.61. The summed E-state index contributed by atoms with van der Waals surface area (Å²) >= 11 is 0. The Morgan fingerprint density at radius 3 is 2.63 bits per heavy atom. The maximum atomic E-state index is 14.0. The fraction of sp³-hybridized carbons (Fsp3) is 0.667. The predicted molar refractivity (Wildman–Crippen MR) is 131 cm³/mol. The second-order valence-electron chi connectivity index (χ2n) is 10.8. The minimum Gasteiger partial charge on any atom is -0.358 e. The van der Waals surface area contributed by atoms with Crippen LogP contribution in [0.1, 0.15) is 75.5 Å². The van der Waals surface area contributed by atoms with Gasteiger partial charge < -0.3 is 25.6 Å². The fourth-order valence-corrected chi connectivity index (χ4v) is 6.73. The molecular formula is C27H38N4O4. The van der Waals surface area contributed by atoms with Crippen molar-refractivity contribution in [2.24, 2.45) is 5.41 Å². The van der Waals surface area contributed by atoms with E-state index in [-0.39, 0.29) is 29.2 Å². The molecule has 2 saturated heterocycles. The van der Waals surface area contributed by atoms with E-state index >= 15 is 0 Å². The van der Waals surface area contributed by atoms with Gasteiger partial charge in [0, 0.05) is 18.3 Å². The van der Waals surface area contributed by atoms with E-state index in [0.717, 1.165) is 44.9 Å².